The fourth-order valence-electron chi connectivity index (χ4n) is 1.33. The predicted octanol–water partition coefficient (Wildman–Crippen LogP) is 3.12. The van der Waals surface area contributed by atoms with Gasteiger partial charge in [0, 0.05) is 0 Å². The number of fused-ring (bicyclic) bond motifs is 3. The summed E-state index contributed by atoms with van der Waals surface area (Å²) >= 11 is 3.33. The van der Waals surface area contributed by atoms with Crippen LogP contribution in [0.4, 0.5) is 0 Å². The molecule has 0 amide bonds. The van der Waals surface area contributed by atoms with Crippen LogP contribution in [0.3, 0.4) is 0 Å². The number of rotatable bonds is 0. The number of furan rings is 1. The summed E-state index contributed by atoms with van der Waals surface area (Å²) in [4.78, 5) is 8.54. The Hall–Kier alpha value is -0.940. The van der Waals surface area contributed by atoms with E-state index in [0.29, 0.717) is 0 Å². The minimum absolute atomic E-state index is 0.733. The predicted molar refractivity (Wildman–Crippen MR) is 54.5 cm³/mol. The van der Waals surface area contributed by atoms with Gasteiger partial charge < -0.3 is 4.42 Å². The van der Waals surface area contributed by atoms with E-state index in [-0.39, 0.29) is 0 Å². The van der Waals surface area contributed by atoms with E-state index in [0.717, 1.165) is 30.8 Å². The molecule has 0 spiro atoms. The van der Waals surface area contributed by atoms with Crippen molar-refractivity contribution in [2.24, 2.45) is 0 Å². The van der Waals surface area contributed by atoms with Crippen LogP contribution in [0.25, 0.3) is 20.8 Å². The molecule has 0 radical (unpaired) electrons. The van der Waals surface area contributed by atoms with Crippen LogP contribution in [0.5, 0.6) is 0 Å². The van der Waals surface area contributed by atoms with Crippen LogP contribution in [0, 0.1) is 13.8 Å². The summed E-state index contributed by atoms with van der Waals surface area (Å²) in [6.07, 6.45) is 0. The fraction of sp³-hybridized carbons (Fsp3) is 0.250. The monoisotopic (exact) mass is 210 g/mol. The third kappa shape index (κ3) is 0.941. The van der Waals surface area contributed by atoms with Crippen molar-refractivity contribution in [1.29, 1.82) is 0 Å². The first-order valence-corrected chi connectivity index (χ1v) is 5.50. The first-order valence-electron chi connectivity index (χ1n) is 3.87. The molecule has 5 heteroatoms. The molecule has 0 aliphatic carbocycles. The first-order chi connectivity index (χ1) is 6.24. The van der Waals surface area contributed by atoms with Crippen molar-refractivity contribution in [3.05, 3.63) is 10.0 Å². The van der Waals surface area contributed by atoms with Crippen LogP contribution in [0.15, 0.2) is 4.42 Å². The SMILES string of the molecule is Cc1nc2oc3nc(C)sc3c2s1. The van der Waals surface area contributed by atoms with E-state index in [1.54, 1.807) is 22.7 Å². The van der Waals surface area contributed by atoms with E-state index in [2.05, 4.69) is 9.97 Å². The standard InChI is InChI=1S/C8H6N2OS2/c1-3-9-7-5(12-3)6-8(11-7)10-4(2)13-6/h1-2H3. The highest BCUT2D eigenvalue weighted by atomic mass is 32.1. The molecule has 3 aromatic rings. The summed E-state index contributed by atoms with van der Waals surface area (Å²) in [6, 6.07) is 0. The number of aromatic nitrogens is 2. The van der Waals surface area contributed by atoms with E-state index in [9.17, 15) is 0 Å². The second-order valence-corrected chi connectivity index (χ2v) is 5.24. The average molecular weight is 210 g/mol. The largest absolute Gasteiger partial charge is 0.417 e. The minimum Gasteiger partial charge on any atom is -0.417 e. The molecular weight excluding hydrogens is 204 g/mol. The molecule has 0 unspecified atom stereocenters. The van der Waals surface area contributed by atoms with Gasteiger partial charge in [-0.3, -0.25) is 0 Å². The lowest BCUT2D eigenvalue weighted by atomic mass is 10.6. The summed E-state index contributed by atoms with van der Waals surface area (Å²) in [5.74, 6) is 0. The number of thiazole rings is 2. The average Bonchev–Trinajstić information content (AvgIpc) is 2.60. The fourth-order valence-corrected chi connectivity index (χ4v) is 3.14. The van der Waals surface area contributed by atoms with E-state index < -0.39 is 0 Å². The van der Waals surface area contributed by atoms with Gasteiger partial charge >= 0.3 is 0 Å². The van der Waals surface area contributed by atoms with Gasteiger partial charge in [-0.15, -0.1) is 22.7 Å². The Morgan fingerprint density at radius 2 is 1.38 bits per heavy atom. The van der Waals surface area contributed by atoms with Gasteiger partial charge in [0.25, 0.3) is 0 Å². The lowest BCUT2D eigenvalue weighted by Crippen LogP contribution is -1.65. The molecular formula is C8H6N2OS2. The Balaban J connectivity index is 2.56. The maximum Gasteiger partial charge on any atom is 0.241 e. The molecule has 0 N–H and O–H groups in total. The van der Waals surface area contributed by atoms with Crippen LogP contribution < -0.4 is 0 Å². The lowest BCUT2D eigenvalue weighted by Gasteiger charge is -1.74. The van der Waals surface area contributed by atoms with Crippen molar-refractivity contribution < 1.29 is 4.42 Å². The molecule has 0 bridgehead atoms. The normalized spacial score (nSPS) is 11.8. The van der Waals surface area contributed by atoms with Gasteiger partial charge in [0.1, 0.15) is 9.40 Å². The number of aryl methyl sites for hydroxylation is 2. The molecule has 0 aromatic carbocycles. The van der Waals surface area contributed by atoms with Gasteiger partial charge in [-0.2, -0.15) is 0 Å². The van der Waals surface area contributed by atoms with Crippen molar-refractivity contribution in [1.82, 2.24) is 9.97 Å². The zero-order valence-electron chi connectivity index (χ0n) is 7.12. The van der Waals surface area contributed by atoms with Crippen molar-refractivity contribution in [2.45, 2.75) is 13.8 Å². The molecule has 0 aliphatic rings. The maximum atomic E-state index is 5.49. The Bertz CT molecular complexity index is 539. The van der Waals surface area contributed by atoms with Crippen LogP contribution in [-0.4, -0.2) is 9.97 Å². The summed E-state index contributed by atoms with van der Waals surface area (Å²) in [5.41, 5.74) is 1.47. The van der Waals surface area contributed by atoms with Gasteiger partial charge in [0.05, 0.1) is 10.0 Å². The highest BCUT2D eigenvalue weighted by Crippen LogP contribution is 2.35. The second-order valence-electron chi connectivity index (χ2n) is 2.84. The molecule has 0 atom stereocenters. The van der Waals surface area contributed by atoms with Crippen LogP contribution in [0.2, 0.25) is 0 Å². The lowest BCUT2D eigenvalue weighted by molar-refractivity contribution is 0.641. The summed E-state index contributed by atoms with van der Waals surface area (Å²) < 4.78 is 7.77. The second kappa shape index (κ2) is 2.30. The quantitative estimate of drug-likeness (QED) is 0.572. The Kier molecular flexibility index (Phi) is 1.32. The van der Waals surface area contributed by atoms with Crippen molar-refractivity contribution in [3.63, 3.8) is 0 Å². The topological polar surface area (TPSA) is 38.9 Å². The van der Waals surface area contributed by atoms with Crippen molar-refractivity contribution in [3.8, 4) is 0 Å². The molecule has 3 aromatic heterocycles. The number of nitrogens with zero attached hydrogens (tertiary/aromatic N) is 2. The molecule has 0 aliphatic heterocycles. The van der Waals surface area contributed by atoms with E-state index in [1.807, 2.05) is 13.8 Å². The summed E-state index contributed by atoms with van der Waals surface area (Å²) in [5, 5.41) is 2.09. The molecule has 0 saturated heterocycles. The van der Waals surface area contributed by atoms with Gasteiger partial charge in [0.2, 0.25) is 11.4 Å². The third-order valence-electron chi connectivity index (χ3n) is 1.81. The van der Waals surface area contributed by atoms with Crippen LogP contribution in [-0.2, 0) is 0 Å². The molecule has 3 rings (SSSR count). The summed E-state index contributed by atoms with van der Waals surface area (Å²) in [7, 11) is 0. The van der Waals surface area contributed by atoms with Gasteiger partial charge in [-0.25, -0.2) is 9.97 Å². The zero-order valence-corrected chi connectivity index (χ0v) is 8.75. The highest BCUT2D eigenvalue weighted by molar-refractivity contribution is 7.26. The van der Waals surface area contributed by atoms with E-state index in [4.69, 9.17) is 4.42 Å². The van der Waals surface area contributed by atoms with E-state index >= 15 is 0 Å². The zero-order chi connectivity index (χ0) is 9.00. The first kappa shape index (κ1) is 7.46. The highest BCUT2D eigenvalue weighted by Gasteiger charge is 2.14. The molecule has 13 heavy (non-hydrogen) atoms. The molecule has 0 fully saturated rings. The Labute approximate surface area is 82.0 Å². The number of hydrogen-bond acceptors (Lipinski definition) is 5. The Morgan fingerprint density at radius 3 is 1.85 bits per heavy atom. The molecule has 0 saturated carbocycles. The maximum absolute atomic E-state index is 5.49. The molecule has 66 valence electrons. The Morgan fingerprint density at radius 1 is 0.923 bits per heavy atom. The van der Waals surface area contributed by atoms with Crippen LogP contribution in [0.1, 0.15) is 10.0 Å². The molecule has 3 nitrogen and oxygen atoms in total. The summed E-state index contributed by atoms with van der Waals surface area (Å²) in [6.45, 7) is 3.97. The van der Waals surface area contributed by atoms with Crippen molar-refractivity contribution >= 4 is 43.5 Å². The van der Waals surface area contributed by atoms with E-state index in [1.165, 1.54) is 0 Å². The third-order valence-corrected chi connectivity index (χ3v) is 3.87. The van der Waals surface area contributed by atoms with Gasteiger partial charge in [0.15, 0.2) is 0 Å². The minimum atomic E-state index is 0.733. The van der Waals surface area contributed by atoms with Gasteiger partial charge in [-0.1, -0.05) is 0 Å². The van der Waals surface area contributed by atoms with Crippen LogP contribution >= 0.6 is 22.7 Å². The number of hydrogen-bond donors (Lipinski definition) is 0. The smallest absolute Gasteiger partial charge is 0.241 e. The van der Waals surface area contributed by atoms with Gasteiger partial charge in [-0.05, 0) is 13.8 Å². The molecule has 3 heterocycles. The van der Waals surface area contributed by atoms with Crippen molar-refractivity contribution in [2.75, 3.05) is 0 Å².